The fourth-order valence-electron chi connectivity index (χ4n) is 3.36. The molecule has 2 aliphatic heterocycles. The van der Waals surface area contributed by atoms with Gasteiger partial charge in [0.2, 0.25) is 0 Å². The Balaban J connectivity index is 1.56. The van der Waals surface area contributed by atoms with Crippen molar-refractivity contribution in [2.45, 2.75) is 31.9 Å². The number of fused-ring (bicyclic) bond motifs is 1. The van der Waals surface area contributed by atoms with Crippen LogP contribution in [0.15, 0.2) is 22.9 Å². The highest BCUT2D eigenvalue weighted by Crippen LogP contribution is 2.28. The largest absolute Gasteiger partial charge is 0.373 e. The van der Waals surface area contributed by atoms with Crippen molar-refractivity contribution in [1.29, 1.82) is 0 Å². The summed E-state index contributed by atoms with van der Waals surface area (Å²) in [7, 11) is 2.17. The van der Waals surface area contributed by atoms with E-state index >= 15 is 0 Å². The van der Waals surface area contributed by atoms with E-state index in [1.165, 1.54) is 0 Å². The molecule has 0 aromatic carbocycles. The lowest BCUT2D eigenvalue weighted by molar-refractivity contribution is -0.0362. The highest BCUT2D eigenvalue weighted by molar-refractivity contribution is 5.59. The number of morpholine rings is 1. The van der Waals surface area contributed by atoms with Crippen LogP contribution >= 0.6 is 0 Å². The summed E-state index contributed by atoms with van der Waals surface area (Å²) in [5.41, 5.74) is 0.906. The van der Waals surface area contributed by atoms with Crippen molar-refractivity contribution in [2.24, 2.45) is 0 Å². The molecule has 2 atom stereocenters. The number of rotatable bonds is 3. The van der Waals surface area contributed by atoms with Crippen LogP contribution < -0.4 is 4.90 Å². The van der Waals surface area contributed by atoms with Gasteiger partial charge < -0.3 is 14.2 Å². The van der Waals surface area contributed by atoms with Crippen LogP contribution in [-0.2, 0) is 4.74 Å². The van der Waals surface area contributed by atoms with Crippen molar-refractivity contribution in [3.05, 3.63) is 24.2 Å². The molecular formula is C17H23N5O2. The zero-order valence-corrected chi connectivity index (χ0v) is 14.3. The van der Waals surface area contributed by atoms with Gasteiger partial charge in [0.15, 0.2) is 5.82 Å². The van der Waals surface area contributed by atoms with Crippen LogP contribution in [0, 0.1) is 0 Å². The summed E-state index contributed by atoms with van der Waals surface area (Å²) >= 11 is 0. The Kier molecular flexibility index (Phi) is 3.97. The average Bonchev–Trinajstić information content (AvgIpc) is 3.23. The lowest BCUT2D eigenvalue weighted by atomic mass is 10.1. The topological polar surface area (TPSA) is 67.5 Å². The number of pyridine rings is 1. The second kappa shape index (κ2) is 6.14. The molecule has 0 bridgehead atoms. The number of ether oxygens (including phenoxy) is 1. The molecule has 2 fully saturated rings. The van der Waals surface area contributed by atoms with Crippen molar-refractivity contribution in [2.75, 3.05) is 38.2 Å². The molecule has 7 heteroatoms. The first-order valence-corrected chi connectivity index (χ1v) is 8.48. The van der Waals surface area contributed by atoms with Crippen LogP contribution in [0.1, 0.15) is 25.6 Å². The van der Waals surface area contributed by atoms with E-state index in [0.29, 0.717) is 11.9 Å². The molecule has 0 saturated carbocycles. The number of likely N-dealkylation sites (N-methyl/N-ethyl adjacent to an activating group) is 1. The number of hydrogen-bond donors (Lipinski definition) is 0. The first-order chi connectivity index (χ1) is 11.6. The Morgan fingerprint density at radius 2 is 2.17 bits per heavy atom. The second-order valence-corrected chi connectivity index (χ2v) is 6.88. The first-order valence-electron chi connectivity index (χ1n) is 8.48. The molecule has 0 aliphatic carbocycles. The summed E-state index contributed by atoms with van der Waals surface area (Å²) in [6.07, 6.45) is 2.06. The molecule has 2 saturated heterocycles. The Labute approximate surface area is 141 Å². The van der Waals surface area contributed by atoms with E-state index in [2.05, 4.69) is 45.8 Å². The summed E-state index contributed by atoms with van der Waals surface area (Å²) < 4.78 is 11.3. The maximum Gasteiger partial charge on any atom is 0.258 e. The smallest absolute Gasteiger partial charge is 0.258 e. The van der Waals surface area contributed by atoms with E-state index in [9.17, 15) is 0 Å². The van der Waals surface area contributed by atoms with Crippen molar-refractivity contribution in [3.8, 4) is 11.5 Å². The summed E-state index contributed by atoms with van der Waals surface area (Å²) in [4.78, 5) is 13.7. The van der Waals surface area contributed by atoms with E-state index < -0.39 is 0 Å². The fourth-order valence-corrected chi connectivity index (χ4v) is 3.36. The number of anilines is 1. The molecule has 2 unspecified atom stereocenters. The molecule has 2 aromatic heterocycles. The van der Waals surface area contributed by atoms with Crippen LogP contribution in [0.4, 0.5) is 5.82 Å². The molecule has 2 aliphatic rings. The van der Waals surface area contributed by atoms with Gasteiger partial charge in [0.25, 0.3) is 5.89 Å². The number of nitrogens with zero attached hydrogens (tertiary/aromatic N) is 5. The van der Waals surface area contributed by atoms with E-state index in [1.807, 2.05) is 12.1 Å². The monoisotopic (exact) mass is 329 g/mol. The van der Waals surface area contributed by atoms with E-state index in [0.717, 1.165) is 43.4 Å². The maximum atomic E-state index is 5.92. The third-order valence-corrected chi connectivity index (χ3v) is 4.85. The normalized spacial score (nSPS) is 24.6. The molecule has 0 amide bonds. The Morgan fingerprint density at radius 3 is 2.92 bits per heavy atom. The lowest BCUT2D eigenvalue weighted by Gasteiger charge is -2.33. The van der Waals surface area contributed by atoms with E-state index in [1.54, 1.807) is 6.20 Å². The minimum absolute atomic E-state index is 0.248. The molecule has 7 nitrogen and oxygen atoms in total. The van der Waals surface area contributed by atoms with Crippen LogP contribution in [0.2, 0.25) is 0 Å². The van der Waals surface area contributed by atoms with Crippen molar-refractivity contribution >= 4 is 5.82 Å². The van der Waals surface area contributed by atoms with Crippen molar-refractivity contribution in [1.82, 2.24) is 20.0 Å². The van der Waals surface area contributed by atoms with Gasteiger partial charge in [-0.3, -0.25) is 4.90 Å². The Hall–Kier alpha value is -1.99. The van der Waals surface area contributed by atoms with E-state index in [-0.39, 0.29) is 12.0 Å². The van der Waals surface area contributed by atoms with Gasteiger partial charge in [-0.25, -0.2) is 4.98 Å². The predicted molar refractivity (Wildman–Crippen MR) is 90.0 cm³/mol. The average molecular weight is 329 g/mol. The van der Waals surface area contributed by atoms with Gasteiger partial charge >= 0.3 is 0 Å². The molecular weight excluding hydrogens is 306 g/mol. The molecule has 128 valence electrons. The molecule has 0 N–H and O–H groups in total. The van der Waals surface area contributed by atoms with Crippen molar-refractivity contribution in [3.63, 3.8) is 0 Å². The molecule has 4 heterocycles. The van der Waals surface area contributed by atoms with Gasteiger partial charge in [-0.2, -0.15) is 4.98 Å². The molecule has 4 rings (SSSR count). The SMILES string of the molecule is CC(C)c1noc(-c2ccnc(N3CC4OCCN(C)C4C3)c2)n1. The highest BCUT2D eigenvalue weighted by Gasteiger charge is 2.39. The highest BCUT2D eigenvalue weighted by atomic mass is 16.5. The zero-order chi connectivity index (χ0) is 16.7. The second-order valence-electron chi connectivity index (χ2n) is 6.88. The van der Waals surface area contributed by atoms with Crippen molar-refractivity contribution < 1.29 is 9.26 Å². The maximum absolute atomic E-state index is 5.92. The lowest BCUT2D eigenvalue weighted by Crippen LogP contribution is -2.48. The van der Waals surface area contributed by atoms with Gasteiger partial charge in [-0.1, -0.05) is 19.0 Å². The minimum Gasteiger partial charge on any atom is -0.373 e. The zero-order valence-electron chi connectivity index (χ0n) is 14.3. The Morgan fingerprint density at radius 1 is 1.29 bits per heavy atom. The summed E-state index contributed by atoms with van der Waals surface area (Å²) in [6.45, 7) is 7.69. The number of hydrogen-bond acceptors (Lipinski definition) is 7. The van der Waals surface area contributed by atoms with Gasteiger partial charge in [-0.15, -0.1) is 0 Å². The summed E-state index contributed by atoms with van der Waals surface area (Å²) in [6, 6.07) is 4.36. The van der Waals surface area contributed by atoms with Crippen LogP contribution in [-0.4, -0.2) is 65.5 Å². The summed E-state index contributed by atoms with van der Waals surface area (Å²) in [5, 5.41) is 4.04. The van der Waals surface area contributed by atoms with Crippen LogP contribution in [0.3, 0.4) is 0 Å². The van der Waals surface area contributed by atoms with Gasteiger partial charge in [0.05, 0.1) is 18.8 Å². The quantitative estimate of drug-likeness (QED) is 0.850. The molecule has 2 aromatic rings. The number of aromatic nitrogens is 3. The third-order valence-electron chi connectivity index (χ3n) is 4.85. The van der Waals surface area contributed by atoms with Crippen LogP contribution in [0.25, 0.3) is 11.5 Å². The van der Waals surface area contributed by atoms with Gasteiger partial charge in [-0.05, 0) is 19.2 Å². The summed E-state index contributed by atoms with van der Waals surface area (Å²) in [5.74, 6) is 2.46. The van der Waals surface area contributed by atoms with Gasteiger partial charge in [0, 0.05) is 37.3 Å². The fraction of sp³-hybridized carbons (Fsp3) is 0.588. The predicted octanol–water partition coefficient (Wildman–Crippen LogP) is 1.77. The Bertz CT molecular complexity index is 717. The van der Waals surface area contributed by atoms with E-state index in [4.69, 9.17) is 9.26 Å². The minimum atomic E-state index is 0.248. The molecule has 0 spiro atoms. The molecule has 0 radical (unpaired) electrons. The standard InChI is InChI=1S/C17H23N5O2/c1-11(2)16-19-17(24-20-16)12-4-5-18-15(8-12)22-9-13-14(10-22)23-7-6-21(13)3/h4-5,8,11,13-14H,6-7,9-10H2,1-3H3. The van der Waals surface area contributed by atoms with Crippen LogP contribution in [0.5, 0.6) is 0 Å². The molecule has 24 heavy (non-hydrogen) atoms. The van der Waals surface area contributed by atoms with Gasteiger partial charge in [0.1, 0.15) is 5.82 Å². The first kappa shape index (κ1) is 15.5. The third kappa shape index (κ3) is 2.78.